The molecule has 0 aliphatic carbocycles. The lowest BCUT2D eigenvalue weighted by atomic mass is 10.6. The zero-order valence-electron chi connectivity index (χ0n) is 5.39. The van der Waals surface area contributed by atoms with Gasteiger partial charge in [-0.25, -0.2) is 0 Å². The predicted octanol–water partition coefficient (Wildman–Crippen LogP) is 1.33. The van der Waals surface area contributed by atoms with Crippen LogP contribution in [0.3, 0.4) is 0 Å². The van der Waals surface area contributed by atoms with E-state index >= 15 is 0 Å². The van der Waals surface area contributed by atoms with Crippen LogP contribution in [-0.2, 0) is 11.2 Å². The van der Waals surface area contributed by atoms with Gasteiger partial charge in [0.1, 0.15) is 11.5 Å². The van der Waals surface area contributed by atoms with Crippen molar-refractivity contribution in [3.05, 3.63) is 12.2 Å². The molecule has 0 aromatic heterocycles. The summed E-state index contributed by atoms with van der Waals surface area (Å²) >= 11 is -0.614. The van der Waals surface area contributed by atoms with E-state index in [9.17, 15) is 4.55 Å². The van der Waals surface area contributed by atoms with E-state index in [4.69, 9.17) is 0 Å². The Hall–Kier alpha value is 0.0500. The molecule has 0 N–H and O–H groups in total. The van der Waals surface area contributed by atoms with Gasteiger partial charge in [0.15, 0.2) is 0 Å². The zero-order valence-corrected chi connectivity index (χ0v) is 6.20. The number of rotatable bonds is 3. The van der Waals surface area contributed by atoms with E-state index in [-0.39, 0.29) is 0 Å². The molecule has 0 fully saturated rings. The van der Waals surface area contributed by atoms with Gasteiger partial charge in [-0.2, -0.15) is 0 Å². The summed E-state index contributed by atoms with van der Waals surface area (Å²) in [5.74, 6) is 1.48. The third-order valence-corrected chi connectivity index (χ3v) is 2.05. The lowest BCUT2D eigenvalue weighted by Gasteiger charge is -2.02. The van der Waals surface area contributed by atoms with E-state index < -0.39 is 11.2 Å². The van der Waals surface area contributed by atoms with Gasteiger partial charge >= 0.3 is 0 Å². The third-order valence-electron chi connectivity index (χ3n) is 0.840. The fraction of sp³-hybridized carbons (Fsp3) is 0.667. The monoisotopic (exact) mass is 132 g/mol. The van der Waals surface area contributed by atoms with Gasteiger partial charge < -0.3 is 4.55 Å². The molecule has 0 radical (unpaired) electrons. The lowest BCUT2D eigenvalue weighted by Crippen LogP contribution is -2.05. The summed E-state index contributed by atoms with van der Waals surface area (Å²) in [4.78, 5) is 0. The van der Waals surface area contributed by atoms with Crippen LogP contribution in [0.4, 0.5) is 0 Å². The van der Waals surface area contributed by atoms with Crippen LogP contribution in [0.5, 0.6) is 0 Å². The Balaban J connectivity index is 3.10. The Morgan fingerprint density at radius 3 is 2.62 bits per heavy atom. The molecular formula is C6H12OS. The van der Waals surface area contributed by atoms with E-state index in [0.717, 1.165) is 5.75 Å². The van der Waals surface area contributed by atoms with Crippen LogP contribution < -0.4 is 0 Å². The standard InChI is InChI=1S/C6H12OS/c1-3-5-6-8(7)4-2/h3,5H,4,6H2,1-2H3. The second kappa shape index (κ2) is 5.19. The van der Waals surface area contributed by atoms with Crippen molar-refractivity contribution in [1.29, 1.82) is 0 Å². The van der Waals surface area contributed by atoms with Crippen LogP contribution in [0.25, 0.3) is 0 Å². The highest BCUT2D eigenvalue weighted by molar-refractivity contribution is 7.91. The van der Waals surface area contributed by atoms with Crippen LogP contribution in [-0.4, -0.2) is 16.1 Å². The van der Waals surface area contributed by atoms with Gasteiger partial charge in [-0.3, -0.25) is 0 Å². The molecule has 0 heterocycles. The lowest BCUT2D eigenvalue weighted by molar-refractivity contribution is 0.599. The molecule has 48 valence electrons. The van der Waals surface area contributed by atoms with Gasteiger partial charge in [0.2, 0.25) is 0 Å². The molecule has 0 saturated carbocycles. The van der Waals surface area contributed by atoms with E-state index in [1.807, 2.05) is 26.0 Å². The fourth-order valence-electron chi connectivity index (χ4n) is 0.321. The first-order valence-electron chi connectivity index (χ1n) is 2.77. The zero-order chi connectivity index (χ0) is 6.41. The maximum absolute atomic E-state index is 10.6. The van der Waals surface area contributed by atoms with Crippen LogP contribution in [0, 0.1) is 0 Å². The first kappa shape index (κ1) is 8.05. The minimum absolute atomic E-state index is 0.614. The molecule has 0 saturated heterocycles. The van der Waals surface area contributed by atoms with E-state index in [1.165, 1.54) is 0 Å². The first-order valence-corrected chi connectivity index (χ1v) is 4.26. The third kappa shape index (κ3) is 4.22. The highest BCUT2D eigenvalue weighted by Gasteiger charge is 1.94. The number of allylic oxidation sites excluding steroid dienone is 1. The molecule has 0 rings (SSSR count). The maximum Gasteiger partial charge on any atom is 0.123 e. The van der Waals surface area contributed by atoms with Crippen LogP contribution in [0.1, 0.15) is 13.8 Å². The molecule has 0 spiro atoms. The molecular weight excluding hydrogens is 120 g/mol. The molecule has 0 aromatic carbocycles. The second-order valence-corrected chi connectivity index (χ2v) is 3.25. The van der Waals surface area contributed by atoms with Gasteiger partial charge in [-0.15, -0.1) is 0 Å². The van der Waals surface area contributed by atoms with Gasteiger partial charge in [-0.05, 0) is 19.9 Å². The molecule has 1 atom stereocenters. The van der Waals surface area contributed by atoms with Crippen molar-refractivity contribution in [1.82, 2.24) is 0 Å². The molecule has 1 nitrogen and oxygen atoms in total. The Kier molecular flexibility index (Phi) is 5.22. The van der Waals surface area contributed by atoms with Gasteiger partial charge in [-0.1, -0.05) is 17.3 Å². The number of hydrogen-bond acceptors (Lipinski definition) is 1. The van der Waals surface area contributed by atoms with Crippen molar-refractivity contribution in [2.45, 2.75) is 13.8 Å². The van der Waals surface area contributed by atoms with Crippen molar-refractivity contribution in [2.24, 2.45) is 0 Å². The quantitative estimate of drug-likeness (QED) is 0.419. The summed E-state index contributed by atoms with van der Waals surface area (Å²) in [5, 5.41) is 0. The van der Waals surface area contributed by atoms with Gasteiger partial charge in [0, 0.05) is 0 Å². The molecule has 8 heavy (non-hydrogen) atoms. The summed E-state index contributed by atoms with van der Waals surface area (Å²) in [7, 11) is 0. The highest BCUT2D eigenvalue weighted by Crippen LogP contribution is 1.88. The fourth-order valence-corrected chi connectivity index (χ4v) is 0.964. The van der Waals surface area contributed by atoms with Crippen LogP contribution >= 0.6 is 0 Å². The van der Waals surface area contributed by atoms with Crippen molar-refractivity contribution in [3.63, 3.8) is 0 Å². The largest absolute Gasteiger partial charge is 0.616 e. The Morgan fingerprint density at radius 1 is 1.62 bits per heavy atom. The first-order chi connectivity index (χ1) is 3.81. The summed E-state index contributed by atoms with van der Waals surface area (Å²) in [6.07, 6.45) is 3.85. The molecule has 1 unspecified atom stereocenters. The second-order valence-electron chi connectivity index (χ2n) is 1.46. The SMILES string of the molecule is CC=CC[S+]([O-])CC. The summed E-state index contributed by atoms with van der Waals surface area (Å²) in [6.45, 7) is 3.87. The van der Waals surface area contributed by atoms with Crippen molar-refractivity contribution in [3.8, 4) is 0 Å². The average Bonchev–Trinajstić information content (AvgIpc) is 1.83. The Morgan fingerprint density at radius 2 is 2.25 bits per heavy atom. The van der Waals surface area contributed by atoms with E-state index in [2.05, 4.69) is 0 Å². The average molecular weight is 132 g/mol. The molecule has 0 aliphatic heterocycles. The van der Waals surface area contributed by atoms with Crippen molar-refractivity contribution >= 4 is 11.2 Å². The van der Waals surface area contributed by atoms with Gasteiger partial charge in [0.05, 0.1) is 0 Å². The predicted molar refractivity (Wildman–Crippen MR) is 38.4 cm³/mol. The molecule has 2 heteroatoms. The molecule has 0 aromatic rings. The molecule has 0 amide bonds. The van der Waals surface area contributed by atoms with E-state index in [0.29, 0.717) is 5.75 Å². The van der Waals surface area contributed by atoms with Crippen LogP contribution in [0.2, 0.25) is 0 Å². The summed E-state index contributed by atoms with van der Waals surface area (Å²) in [5.41, 5.74) is 0. The summed E-state index contributed by atoms with van der Waals surface area (Å²) in [6, 6.07) is 0. The summed E-state index contributed by atoms with van der Waals surface area (Å²) < 4.78 is 10.6. The van der Waals surface area contributed by atoms with Crippen molar-refractivity contribution in [2.75, 3.05) is 11.5 Å². The minimum Gasteiger partial charge on any atom is -0.616 e. The smallest absolute Gasteiger partial charge is 0.123 e. The van der Waals surface area contributed by atoms with Crippen molar-refractivity contribution < 1.29 is 4.55 Å². The highest BCUT2D eigenvalue weighted by atomic mass is 32.2. The Bertz CT molecular complexity index is 70.9. The Labute approximate surface area is 54.0 Å². The normalized spacial score (nSPS) is 14.9. The van der Waals surface area contributed by atoms with Gasteiger partial charge in [0.25, 0.3) is 0 Å². The molecule has 0 aliphatic rings. The number of hydrogen-bond donors (Lipinski definition) is 0. The van der Waals surface area contributed by atoms with Crippen LogP contribution in [0.15, 0.2) is 12.2 Å². The minimum atomic E-state index is -0.614. The topological polar surface area (TPSA) is 23.1 Å². The molecule has 0 bridgehead atoms. The maximum atomic E-state index is 10.6. The van der Waals surface area contributed by atoms with E-state index in [1.54, 1.807) is 0 Å².